The van der Waals surface area contributed by atoms with Gasteiger partial charge in [-0.15, -0.1) is 0 Å². The van der Waals surface area contributed by atoms with Gasteiger partial charge in [0.2, 0.25) is 5.91 Å². The molecule has 0 spiro atoms. The fourth-order valence-corrected chi connectivity index (χ4v) is 6.37. The minimum Gasteiger partial charge on any atom is -0.381 e. The SMILES string of the molecule is O=C(NC1CCC2CC3CC3CC1C2)C1COCCN1CC1CCOCC1. The molecule has 6 unspecified atom stereocenters. The summed E-state index contributed by atoms with van der Waals surface area (Å²) in [6.07, 6.45) is 10.4. The van der Waals surface area contributed by atoms with E-state index in [-0.39, 0.29) is 11.9 Å². The molecular weight excluding hydrogens is 340 g/mol. The van der Waals surface area contributed by atoms with Gasteiger partial charge in [-0.25, -0.2) is 0 Å². The number of amides is 1. The normalized spacial score (nSPS) is 42.8. The maximum absolute atomic E-state index is 13.2. The van der Waals surface area contributed by atoms with Gasteiger partial charge in [0.25, 0.3) is 0 Å². The van der Waals surface area contributed by atoms with Gasteiger partial charge in [-0.3, -0.25) is 9.69 Å². The van der Waals surface area contributed by atoms with Crippen LogP contribution in [-0.2, 0) is 14.3 Å². The molecule has 5 aliphatic rings. The minimum atomic E-state index is -0.0984. The maximum Gasteiger partial charge on any atom is 0.239 e. The molecule has 5 fully saturated rings. The Kier molecular flexibility index (Phi) is 5.45. The molecule has 2 heterocycles. The molecular formula is C22H36N2O3. The highest BCUT2D eigenvalue weighted by molar-refractivity contribution is 5.82. The third-order valence-electron chi connectivity index (χ3n) is 8.10. The van der Waals surface area contributed by atoms with E-state index in [9.17, 15) is 4.79 Å². The van der Waals surface area contributed by atoms with E-state index >= 15 is 0 Å². The van der Waals surface area contributed by atoms with Gasteiger partial charge in [-0.2, -0.15) is 0 Å². The van der Waals surface area contributed by atoms with Crippen LogP contribution in [0.2, 0.25) is 0 Å². The first-order valence-electron chi connectivity index (χ1n) is 11.5. The van der Waals surface area contributed by atoms with Crippen LogP contribution in [0.5, 0.6) is 0 Å². The van der Waals surface area contributed by atoms with E-state index < -0.39 is 0 Å². The highest BCUT2D eigenvalue weighted by atomic mass is 16.5. The Morgan fingerprint density at radius 2 is 1.67 bits per heavy atom. The van der Waals surface area contributed by atoms with Gasteiger partial charge < -0.3 is 14.8 Å². The molecule has 3 aliphatic carbocycles. The van der Waals surface area contributed by atoms with Crippen molar-refractivity contribution in [1.82, 2.24) is 10.2 Å². The van der Waals surface area contributed by atoms with E-state index in [0.29, 0.717) is 18.6 Å². The van der Waals surface area contributed by atoms with Crippen LogP contribution in [0, 0.1) is 29.6 Å². The number of nitrogens with zero attached hydrogens (tertiary/aromatic N) is 1. The van der Waals surface area contributed by atoms with Crippen molar-refractivity contribution in [3.63, 3.8) is 0 Å². The number of hydrogen-bond acceptors (Lipinski definition) is 4. The highest BCUT2D eigenvalue weighted by Crippen LogP contribution is 2.54. The molecule has 1 amide bonds. The summed E-state index contributed by atoms with van der Waals surface area (Å²) in [6, 6.07) is 0.304. The predicted octanol–water partition coefficient (Wildman–Crippen LogP) is 2.44. The van der Waals surface area contributed by atoms with Gasteiger partial charge in [-0.1, -0.05) is 0 Å². The summed E-state index contributed by atoms with van der Waals surface area (Å²) in [5.74, 6) is 4.54. The monoisotopic (exact) mass is 376 g/mol. The lowest BCUT2D eigenvalue weighted by Gasteiger charge is -2.40. The molecule has 1 N–H and O–H groups in total. The van der Waals surface area contributed by atoms with Crippen LogP contribution in [0.1, 0.15) is 51.4 Å². The molecule has 0 radical (unpaired) electrons. The van der Waals surface area contributed by atoms with Crippen LogP contribution < -0.4 is 5.32 Å². The van der Waals surface area contributed by atoms with Crippen molar-refractivity contribution in [2.24, 2.45) is 29.6 Å². The lowest BCUT2D eigenvalue weighted by molar-refractivity contribution is -0.134. The second kappa shape index (κ2) is 8.00. The topological polar surface area (TPSA) is 50.8 Å². The molecule has 6 atom stereocenters. The smallest absolute Gasteiger partial charge is 0.239 e. The van der Waals surface area contributed by atoms with Crippen LogP contribution in [0.25, 0.3) is 0 Å². The number of hydrogen-bond donors (Lipinski definition) is 1. The van der Waals surface area contributed by atoms with Gasteiger partial charge in [0.05, 0.1) is 13.2 Å². The summed E-state index contributed by atoms with van der Waals surface area (Å²) in [6.45, 7) is 4.96. The molecule has 0 aromatic heterocycles. The molecule has 5 nitrogen and oxygen atoms in total. The summed E-state index contributed by atoms with van der Waals surface area (Å²) >= 11 is 0. The molecule has 0 aromatic carbocycles. The first-order chi connectivity index (χ1) is 13.3. The van der Waals surface area contributed by atoms with Crippen molar-refractivity contribution in [2.45, 2.75) is 63.5 Å². The average molecular weight is 377 g/mol. The van der Waals surface area contributed by atoms with E-state index in [2.05, 4.69) is 10.2 Å². The van der Waals surface area contributed by atoms with E-state index in [1.165, 1.54) is 38.5 Å². The number of nitrogens with one attached hydrogen (secondary N) is 1. The van der Waals surface area contributed by atoms with Crippen LogP contribution in [-0.4, -0.2) is 62.4 Å². The standard InChI is InChI=1S/C22H36N2O3/c25-22(21-14-27-8-5-24(21)13-15-3-6-26-7-4-15)23-20-2-1-16-9-17-11-18(17)12-19(20)10-16/h15-21H,1-14H2,(H,23,25). The average Bonchev–Trinajstić information content (AvgIpc) is 3.43. The maximum atomic E-state index is 13.2. The van der Waals surface area contributed by atoms with Gasteiger partial charge in [-0.05, 0) is 81.0 Å². The number of fused-ring (bicyclic) bond motifs is 3. The quantitative estimate of drug-likeness (QED) is 0.819. The van der Waals surface area contributed by atoms with E-state index in [1.54, 1.807) is 0 Å². The van der Waals surface area contributed by atoms with Gasteiger partial charge in [0.15, 0.2) is 0 Å². The molecule has 5 rings (SSSR count). The van der Waals surface area contributed by atoms with Crippen LogP contribution in [0.4, 0.5) is 0 Å². The number of rotatable bonds is 4. The minimum absolute atomic E-state index is 0.0984. The Hall–Kier alpha value is -0.650. The number of carbonyl (C=O) groups excluding carboxylic acids is 1. The predicted molar refractivity (Wildman–Crippen MR) is 103 cm³/mol. The van der Waals surface area contributed by atoms with Crippen molar-refractivity contribution >= 4 is 5.91 Å². The Bertz CT molecular complexity index is 534. The summed E-state index contributed by atoms with van der Waals surface area (Å²) < 4.78 is 11.2. The number of carbonyl (C=O) groups is 1. The zero-order valence-electron chi connectivity index (χ0n) is 16.6. The Balaban J connectivity index is 1.19. The zero-order chi connectivity index (χ0) is 18.2. The molecule has 2 aliphatic heterocycles. The Morgan fingerprint density at radius 3 is 2.56 bits per heavy atom. The van der Waals surface area contributed by atoms with E-state index in [4.69, 9.17) is 9.47 Å². The fourth-order valence-electron chi connectivity index (χ4n) is 6.37. The third kappa shape index (κ3) is 4.20. The van der Waals surface area contributed by atoms with Crippen LogP contribution >= 0.6 is 0 Å². The Morgan fingerprint density at radius 1 is 0.889 bits per heavy atom. The van der Waals surface area contributed by atoms with Gasteiger partial charge >= 0.3 is 0 Å². The number of morpholine rings is 1. The molecule has 2 saturated heterocycles. The Labute approximate surface area is 163 Å². The highest BCUT2D eigenvalue weighted by Gasteiger charge is 2.47. The number of ether oxygens (including phenoxy) is 2. The van der Waals surface area contributed by atoms with Crippen molar-refractivity contribution in [1.29, 1.82) is 0 Å². The molecule has 2 bridgehead atoms. The fraction of sp³-hybridized carbons (Fsp3) is 0.955. The first-order valence-corrected chi connectivity index (χ1v) is 11.5. The largest absolute Gasteiger partial charge is 0.381 e. The van der Waals surface area contributed by atoms with Crippen LogP contribution in [0.15, 0.2) is 0 Å². The van der Waals surface area contributed by atoms with Crippen molar-refractivity contribution in [2.75, 3.05) is 39.5 Å². The van der Waals surface area contributed by atoms with Crippen LogP contribution in [0.3, 0.4) is 0 Å². The summed E-state index contributed by atoms with van der Waals surface area (Å²) in [4.78, 5) is 15.6. The summed E-state index contributed by atoms with van der Waals surface area (Å²) in [5.41, 5.74) is 0. The van der Waals surface area contributed by atoms with Crippen molar-refractivity contribution in [3.8, 4) is 0 Å². The van der Waals surface area contributed by atoms with E-state index in [0.717, 1.165) is 69.4 Å². The molecule has 152 valence electrons. The molecule has 0 aromatic rings. The molecule has 27 heavy (non-hydrogen) atoms. The lowest BCUT2D eigenvalue weighted by Crippen LogP contribution is -2.57. The second-order valence-corrected chi connectivity index (χ2v) is 9.92. The van der Waals surface area contributed by atoms with Gasteiger partial charge in [0, 0.05) is 32.3 Å². The summed E-state index contributed by atoms with van der Waals surface area (Å²) in [7, 11) is 0. The third-order valence-corrected chi connectivity index (χ3v) is 8.10. The summed E-state index contributed by atoms with van der Waals surface area (Å²) in [5, 5.41) is 3.49. The van der Waals surface area contributed by atoms with Crippen molar-refractivity contribution < 1.29 is 14.3 Å². The van der Waals surface area contributed by atoms with Crippen molar-refractivity contribution in [3.05, 3.63) is 0 Å². The molecule has 3 saturated carbocycles. The van der Waals surface area contributed by atoms with E-state index in [1.807, 2.05) is 0 Å². The first kappa shape index (κ1) is 18.4. The van der Waals surface area contributed by atoms with Gasteiger partial charge in [0.1, 0.15) is 6.04 Å². The lowest BCUT2D eigenvalue weighted by atomic mass is 9.76. The zero-order valence-corrected chi connectivity index (χ0v) is 16.6. The molecule has 5 heteroatoms. The second-order valence-electron chi connectivity index (χ2n) is 9.92.